The second-order valence-corrected chi connectivity index (χ2v) is 8.64. The first-order valence-corrected chi connectivity index (χ1v) is 8.04. The van der Waals surface area contributed by atoms with Gasteiger partial charge in [-0.3, -0.25) is 4.90 Å². The Hall–Kier alpha value is -0.120. The Kier molecular flexibility index (Phi) is 3.43. The summed E-state index contributed by atoms with van der Waals surface area (Å²) in [5.41, 5.74) is 1.12. The van der Waals surface area contributed by atoms with Crippen molar-refractivity contribution < 1.29 is 0 Å². The van der Waals surface area contributed by atoms with Crippen LogP contribution in [-0.2, 0) is 0 Å². The Morgan fingerprint density at radius 1 is 1.21 bits per heavy atom. The zero-order valence-electron chi connectivity index (χ0n) is 13.2. The number of piperidine rings is 1. The molecule has 110 valence electrons. The summed E-state index contributed by atoms with van der Waals surface area (Å²) in [5.74, 6) is 0.835. The maximum atomic E-state index is 3.44. The molecule has 3 heterocycles. The van der Waals surface area contributed by atoms with E-state index >= 15 is 0 Å². The summed E-state index contributed by atoms with van der Waals surface area (Å²) in [6.07, 6.45) is 1.38. The van der Waals surface area contributed by atoms with Gasteiger partial charge in [-0.05, 0) is 24.3 Å². The zero-order chi connectivity index (χ0) is 13.7. The molecule has 3 aliphatic heterocycles. The third-order valence-corrected chi connectivity index (χ3v) is 5.19. The molecule has 3 heteroatoms. The maximum absolute atomic E-state index is 3.44. The van der Waals surface area contributed by atoms with Crippen molar-refractivity contribution in [2.75, 3.05) is 45.8 Å². The minimum atomic E-state index is 0.435. The molecule has 0 aliphatic carbocycles. The topological polar surface area (TPSA) is 18.5 Å². The van der Waals surface area contributed by atoms with Gasteiger partial charge in [0.25, 0.3) is 0 Å². The van der Waals surface area contributed by atoms with Crippen LogP contribution in [0.2, 0.25) is 0 Å². The van der Waals surface area contributed by atoms with Gasteiger partial charge in [-0.25, -0.2) is 0 Å². The fourth-order valence-electron chi connectivity index (χ4n) is 4.33. The molecule has 0 bridgehead atoms. The molecule has 0 saturated carbocycles. The Bertz CT molecular complexity index is 321. The molecular formula is C16H31N3. The smallest absolute Gasteiger partial charge is 0.0207 e. The van der Waals surface area contributed by atoms with Gasteiger partial charge in [0.05, 0.1) is 0 Å². The fourth-order valence-corrected chi connectivity index (χ4v) is 4.33. The van der Waals surface area contributed by atoms with Crippen molar-refractivity contribution in [1.29, 1.82) is 0 Å². The average molecular weight is 265 g/mol. The molecular weight excluding hydrogens is 234 g/mol. The Labute approximate surface area is 118 Å². The summed E-state index contributed by atoms with van der Waals surface area (Å²) in [6, 6.07) is 0.849. The summed E-state index contributed by atoms with van der Waals surface area (Å²) in [5, 5.41) is 3.44. The molecule has 3 nitrogen and oxygen atoms in total. The molecule has 3 saturated heterocycles. The summed E-state index contributed by atoms with van der Waals surface area (Å²) in [7, 11) is 0. The number of hydrogen-bond donors (Lipinski definition) is 1. The van der Waals surface area contributed by atoms with E-state index in [1.54, 1.807) is 0 Å². The molecule has 19 heavy (non-hydrogen) atoms. The third kappa shape index (κ3) is 2.84. The van der Waals surface area contributed by atoms with Crippen LogP contribution in [0.1, 0.15) is 34.1 Å². The molecule has 0 aromatic rings. The SMILES string of the molecule is C[C@@H]1CN(CC(C)(C)C)CCC1N1CC2(CNC2)C1. The molecule has 0 aromatic carbocycles. The van der Waals surface area contributed by atoms with E-state index in [1.165, 1.54) is 52.2 Å². The van der Waals surface area contributed by atoms with Gasteiger partial charge in [-0.15, -0.1) is 0 Å². The second kappa shape index (κ2) is 4.71. The van der Waals surface area contributed by atoms with Crippen LogP contribution in [-0.4, -0.2) is 61.7 Å². The van der Waals surface area contributed by atoms with Crippen molar-refractivity contribution in [1.82, 2.24) is 15.1 Å². The fraction of sp³-hybridized carbons (Fsp3) is 1.00. The highest BCUT2D eigenvalue weighted by Crippen LogP contribution is 2.38. The lowest BCUT2D eigenvalue weighted by Gasteiger charge is -2.60. The molecule has 1 N–H and O–H groups in total. The second-order valence-electron chi connectivity index (χ2n) is 8.64. The highest BCUT2D eigenvalue weighted by Gasteiger charge is 2.50. The van der Waals surface area contributed by atoms with Crippen molar-refractivity contribution in [2.45, 2.75) is 40.2 Å². The third-order valence-electron chi connectivity index (χ3n) is 5.19. The predicted octanol–water partition coefficient (Wildman–Crippen LogP) is 1.65. The first-order chi connectivity index (χ1) is 8.87. The lowest BCUT2D eigenvalue weighted by atomic mass is 9.72. The quantitative estimate of drug-likeness (QED) is 0.819. The first-order valence-electron chi connectivity index (χ1n) is 8.04. The van der Waals surface area contributed by atoms with Crippen molar-refractivity contribution in [2.24, 2.45) is 16.7 Å². The number of likely N-dealkylation sites (tertiary alicyclic amines) is 2. The Balaban J connectivity index is 1.48. The number of nitrogens with zero attached hydrogens (tertiary/aromatic N) is 2. The van der Waals surface area contributed by atoms with Crippen LogP contribution in [0, 0.1) is 16.7 Å². The minimum Gasteiger partial charge on any atom is -0.315 e. The maximum Gasteiger partial charge on any atom is 0.0207 e. The van der Waals surface area contributed by atoms with Gasteiger partial charge in [0.1, 0.15) is 0 Å². The molecule has 1 spiro atoms. The predicted molar refractivity (Wildman–Crippen MR) is 80.3 cm³/mol. The Morgan fingerprint density at radius 3 is 2.37 bits per heavy atom. The molecule has 3 rings (SSSR count). The molecule has 1 unspecified atom stereocenters. The van der Waals surface area contributed by atoms with Crippen LogP contribution in [0.5, 0.6) is 0 Å². The molecule has 0 amide bonds. The standard InChI is InChI=1S/C16H31N3/c1-13-7-18(10-15(2,3)4)6-5-14(13)19-11-16(12-19)8-17-9-16/h13-14,17H,5-12H2,1-4H3/t13-,14?/m1/s1. The van der Waals surface area contributed by atoms with Crippen LogP contribution in [0.25, 0.3) is 0 Å². The molecule has 3 fully saturated rings. The van der Waals surface area contributed by atoms with Gasteiger partial charge in [-0.2, -0.15) is 0 Å². The van der Waals surface area contributed by atoms with Gasteiger partial charge in [0, 0.05) is 50.7 Å². The van der Waals surface area contributed by atoms with E-state index in [2.05, 4.69) is 42.8 Å². The van der Waals surface area contributed by atoms with Gasteiger partial charge < -0.3 is 10.2 Å². The largest absolute Gasteiger partial charge is 0.315 e. The molecule has 0 aromatic heterocycles. The molecule has 3 aliphatic rings. The number of nitrogens with one attached hydrogen (secondary N) is 1. The van der Waals surface area contributed by atoms with Gasteiger partial charge >= 0.3 is 0 Å². The Morgan fingerprint density at radius 2 is 1.89 bits per heavy atom. The number of hydrogen-bond acceptors (Lipinski definition) is 3. The van der Waals surface area contributed by atoms with Crippen LogP contribution >= 0.6 is 0 Å². The molecule has 0 radical (unpaired) electrons. The lowest BCUT2D eigenvalue weighted by molar-refractivity contribution is -0.0917. The highest BCUT2D eigenvalue weighted by atomic mass is 15.3. The van der Waals surface area contributed by atoms with Crippen molar-refractivity contribution >= 4 is 0 Å². The van der Waals surface area contributed by atoms with E-state index in [0.717, 1.165) is 12.0 Å². The van der Waals surface area contributed by atoms with Crippen LogP contribution in [0.3, 0.4) is 0 Å². The minimum absolute atomic E-state index is 0.435. The van der Waals surface area contributed by atoms with Crippen LogP contribution < -0.4 is 5.32 Å². The first kappa shape index (κ1) is 13.8. The van der Waals surface area contributed by atoms with Crippen molar-refractivity contribution in [3.05, 3.63) is 0 Å². The average Bonchev–Trinajstić information content (AvgIpc) is 2.13. The summed E-state index contributed by atoms with van der Waals surface area (Å²) >= 11 is 0. The van der Waals surface area contributed by atoms with Gasteiger partial charge in [0.15, 0.2) is 0 Å². The summed E-state index contributed by atoms with van der Waals surface area (Å²) in [4.78, 5) is 5.45. The van der Waals surface area contributed by atoms with E-state index < -0.39 is 0 Å². The summed E-state index contributed by atoms with van der Waals surface area (Å²) < 4.78 is 0. The van der Waals surface area contributed by atoms with Gasteiger partial charge in [0.2, 0.25) is 0 Å². The van der Waals surface area contributed by atoms with Crippen molar-refractivity contribution in [3.8, 4) is 0 Å². The molecule has 2 atom stereocenters. The normalized spacial score (nSPS) is 36.0. The summed E-state index contributed by atoms with van der Waals surface area (Å²) in [6.45, 7) is 18.6. The van der Waals surface area contributed by atoms with Crippen LogP contribution in [0.4, 0.5) is 0 Å². The van der Waals surface area contributed by atoms with Crippen LogP contribution in [0.15, 0.2) is 0 Å². The monoisotopic (exact) mass is 265 g/mol. The van der Waals surface area contributed by atoms with E-state index in [4.69, 9.17) is 0 Å². The van der Waals surface area contributed by atoms with E-state index in [1.807, 2.05) is 0 Å². The highest BCUT2D eigenvalue weighted by molar-refractivity contribution is 5.06. The van der Waals surface area contributed by atoms with E-state index in [9.17, 15) is 0 Å². The van der Waals surface area contributed by atoms with Gasteiger partial charge in [-0.1, -0.05) is 27.7 Å². The lowest BCUT2D eigenvalue weighted by Crippen LogP contribution is -2.73. The van der Waals surface area contributed by atoms with E-state index in [-0.39, 0.29) is 0 Å². The number of rotatable bonds is 2. The zero-order valence-corrected chi connectivity index (χ0v) is 13.2. The van der Waals surface area contributed by atoms with E-state index in [0.29, 0.717) is 10.8 Å². The van der Waals surface area contributed by atoms with Crippen molar-refractivity contribution in [3.63, 3.8) is 0 Å².